The van der Waals surface area contributed by atoms with Crippen molar-refractivity contribution in [1.29, 1.82) is 0 Å². The van der Waals surface area contributed by atoms with E-state index in [0.29, 0.717) is 17.6 Å². The normalized spacial score (nSPS) is 16.0. The lowest BCUT2D eigenvalue weighted by Gasteiger charge is -2.07. The van der Waals surface area contributed by atoms with Crippen molar-refractivity contribution in [2.45, 2.75) is 25.4 Å². The second-order valence-corrected chi connectivity index (χ2v) is 3.82. The highest BCUT2D eigenvalue weighted by molar-refractivity contribution is 5.79. The first-order valence-electron chi connectivity index (χ1n) is 5.30. The van der Waals surface area contributed by atoms with E-state index in [9.17, 15) is 4.39 Å². The SMILES string of the molecule is NNC(=NCc1ccccc1F)NC1CC1. The van der Waals surface area contributed by atoms with Gasteiger partial charge in [-0.15, -0.1) is 0 Å². The number of hydrazine groups is 1. The molecule has 1 aromatic rings. The minimum absolute atomic E-state index is 0.242. The molecule has 5 heteroatoms. The number of benzene rings is 1. The lowest BCUT2D eigenvalue weighted by Crippen LogP contribution is -2.42. The summed E-state index contributed by atoms with van der Waals surface area (Å²) in [4.78, 5) is 4.18. The Morgan fingerprint density at radius 1 is 1.44 bits per heavy atom. The molecule has 86 valence electrons. The second-order valence-electron chi connectivity index (χ2n) is 3.82. The van der Waals surface area contributed by atoms with Crippen molar-refractivity contribution < 1.29 is 4.39 Å². The molecule has 0 spiro atoms. The largest absolute Gasteiger partial charge is 0.353 e. The van der Waals surface area contributed by atoms with Gasteiger partial charge in [-0.2, -0.15) is 0 Å². The van der Waals surface area contributed by atoms with Gasteiger partial charge in [-0.3, -0.25) is 5.43 Å². The number of halogens is 1. The van der Waals surface area contributed by atoms with Gasteiger partial charge in [0.1, 0.15) is 5.82 Å². The van der Waals surface area contributed by atoms with Crippen LogP contribution in [0, 0.1) is 5.82 Å². The Kier molecular flexibility index (Phi) is 3.36. The van der Waals surface area contributed by atoms with Gasteiger partial charge in [0.2, 0.25) is 5.96 Å². The topological polar surface area (TPSA) is 62.4 Å². The van der Waals surface area contributed by atoms with E-state index < -0.39 is 0 Å². The van der Waals surface area contributed by atoms with Crippen molar-refractivity contribution in [2.24, 2.45) is 10.8 Å². The zero-order valence-electron chi connectivity index (χ0n) is 8.91. The molecule has 0 aromatic heterocycles. The molecule has 1 fully saturated rings. The van der Waals surface area contributed by atoms with E-state index in [2.05, 4.69) is 15.7 Å². The van der Waals surface area contributed by atoms with Crippen LogP contribution >= 0.6 is 0 Å². The van der Waals surface area contributed by atoms with Gasteiger partial charge in [-0.1, -0.05) is 18.2 Å². The van der Waals surface area contributed by atoms with E-state index >= 15 is 0 Å². The third-order valence-corrected chi connectivity index (χ3v) is 2.42. The molecule has 0 unspecified atom stereocenters. The van der Waals surface area contributed by atoms with Crippen LogP contribution in [-0.4, -0.2) is 12.0 Å². The number of hydrogen-bond acceptors (Lipinski definition) is 2. The summed E-state index contributed by atoms with van der Waals surface area (Å²) in [5, 5.41) is 3.12. The fourth-order valence-corrected chi connectivity index (χ4v) is 1.34. The maximum Gasteiger partial charge on any atom is 0.206 e. The zero-order valence-corrected chi connectivity index (χ0v) is 8.91. The van der Waals surface area contributed by atoms with Crippen molar-refractivity contribution in [3.8, 4) is 0 Å². The third kappa shape index (κ3) is 2.93. The minimum atomic E-state index is -0.242. The Bertz CT molecular complexity index is 387. The summed E-state index contributed by atoms with van der Waals surface area (Å²) in [6.07, 6.45) is 2.28. The molecule has 1 saturated carbocycles. The second kappa shape index (κ2) is 4.94. The Hall–Kier alpha value is -1.62. The van der Waals surface area contributed by atoms with Crippen LogP contribution in [0.1, 0.15) is 18.4 Å². The number of aliphatic imine (C=N–C) groups is 1. The number of nitrogens with zero attached hydrogens (tertiary/aromatic N) is 1. The highest BCUT2D eigenvalue weighted by atomic mass is 19.1. The van der Waals surface area contributed by atoms with Crippen molar-refractivity contribution in [3.05, 3.63) is 35.6 Å². The summed E-state index contributed by atoms with van der Waals surface area (Å²) in [6, 6.07) is 7.05. The van der Waals surface area contributed by atoms with E-state index in [4.69, 9.17) is 5.84 Å². The summed E-state index contributed by atoms with van der Waals surface area (Å²) >= 11 is 0. The van der Waals surface area contributed by atoms with Crippen molar-refractivity contribution in [3.63, 3.8) is 0 Å². The number of guanidine groups is 1. The van der Waals surface area contributed by atoms with Gasteiger partial charge in [-0.05, 0) is 18.9 Å². The molecule has 0 radical (unpaired) electrons. The van der Waals surface area contributed by atoms with E-state index in [1.54, 1.807) is 18.2 Å². The first-order chi connectivity index (χ1) is 7.79. The van der Waals surface area contributed by atoms with Gasteiger partial charge < -0.3 is 5.32 Å². The molecule has 4 N–H and O–H groups in total. The molecule has 1 aliphatic rings. The van der Waals surface area contributed by atoms with Gasteiger partial charge >= 0.3 is 0 Å². The van der Waals surface area contributed by atoms with E-state index in [1.165, 1.54) is 6.07 Å². The monoisotopic (exact) mass is 222 g/mol. The summed E-state index contributed by atoms with van der Waals surface area (Å²) in [5.41, 5.74) is 3.04. The predicted octanol–water partition coefficient (Wildman–Crippen LogP) is 0.897. The van der Waals surface area contributed by atoms with Crippen molar-refractivity contribution in [2.75, 3.05) is 0 Å². The van der Waals surface area contributed by atoms with Crippen molar-refractivity contribution in [1.82, 2.24) is 10.7 Å². The van der Waals surface area contributed by atoms with Crippen LogP contribution in [0.25, 0.3) is 0 Å². The van der Waals surface area contributed by atoms with Crippen LogP contribution in [0.15, 0.2) is 29.3 Å². The zero-order chi connectivity index (χ0) is 11.4. The van der Waals surface area contributed by atoms with Crippen LogP contribution in [0.4, 0.5) is 4.39 Å². The number of rotatable bonds is 3. The summed E-state index contributed by atoms with van der Waals surface area (Å²) in [6.45, 7) is 0.284. The molecule has 16 heavy (non-hydrogen) atoms. The van der Waals surface area contributed by atoms with E-state index in [0.717, 1.165) is 12.8 Å². The molecule has 4 nitrogen and oxygen atoms in total. The predicted molar refractivity (Wildman–Crippen MR) is 61.0 cm³/mol. The Morgan fingerprint density at radius 3 is 2.81 bits per heavy atom. The Labute approximate surface area is 93.7 Å². The molecule has 0 atom stereocenters. The van der Waals surface area contributed by atoms with Crippen LogP contribution in [0.5, 0.6) is 0 Å². The van der Waals surface area contributed by atoms with Crippen LogP contribution in [0.3, 0.4) is 0 Å². The summed E-state index contributed by atoms with van der Waals surface area (Å²) < 4.78 is 13.3. The molecule has 1 aromatic carbocycles. The number of nitrogens with two attached hydrogens (primary N) is 1. The highest BCUT2D eigenvalue weighted by Gasteiger charge is 2.21. The molecular weight excluding hydrogens is 207 g/mol. The Balaban J connectivity index is 1.97. The van der Waals surface area contributed by atoms with Gasteiger partial charge in [0.25, 0.3) is 0 Å². The molecule has 0 amide bonds. The number of hydrogen-bond donors (Lipinski definition) is 3. The fourth-order valence-electron chi connectivity index (χ4n) is 1.34. The molecule has 0 saturated heterocycles. The molecule has 0 aliphatic heterocycles. The molecule has 0 heterocycles. The van der Waals surface area contributed by atoms with E-state index in [-0.39, 0.29) is 12.4 Å². The lowest BCUT2D eigenvalue weighted by atomic mass is 10.2. The maximum atomic E-state index is 13.3. The van der Waals surface area contributed by atoms with Crippen molar-refractivity contribution >= 4 is 5.96 Å². The highest BCUT2D eigenvalue weighted by Crippen LogP contribution is 2.18. The maximum absolute atomic E-state index is 13.3. The molecule has 0 bridgehead atoms. The molecule has 1 aliphatic carbocycles. The molecule has 2 rings (SSSR count). The van der Waals surface area contributed by atoms with Crippen LogP contribution in [0.2, 0.25) is 0 Å². The average molecular weight is 222 g/mol. The first kappa shape index (κ1) is 10.9. The number of nitrogens with one attached hydrogen (secondary N) is 2. The lowest BCUT2D eigenvalue weighted by molar-refractivity contribution is 0.610. The van der Waals surface area contributed by atoms with Gasteiger partial charge in [0.05, 0.1) is 6.54 Å². The molecular formula is C11H15FN4. The van der Waals surface area contributed by atoms with E-state index in [1.807, 2.05) is 0 Å². The average Bonchev–Trinajstić information content (AvgIpc) is 3.10. The van der Waals surface area contributed by atoms with Crippen LogP contribution in [-0.2, 0) is 6.54 Å². The van der Waals surface area contributed by atoms with Gasteiger partial charge in [0, 0.05) is 11.6 Å². The van der Waals surface area contributed by atoms with Gasteiger partial charge in [0.15, 0.2) is 0 Å². The first-order valence-corrected chi connectivity index (χ1v) is 5.30. The summed E-state index contributed by atoms with van der Waals surface area (Å²) in [5.74, 6) is 5.59. The Morgan fingerprint density at radius 2 is 2.19 bits per heavy atom. The quantitative estimate of drug-likeness (QED) is 0.308. The van der Waals surface area contributed by atoms with Gasteiger partial charge in [-0.25, -0.2) is 15.2 Å². The standard InChI is InChI=1S/C11H15FN4/c12-10-4-2-1-3-8(10)7-14-11(16-13)15-9-5-6-9/h1-4,9H,5-7,13H2,(H2,14,15,16). The fraction of sp³-hybridized carbons (Fsp3) is 0.364. The summed E-state index contributed by atoms with van der Waals surface area (Å²) in [7, 11) is 0. The van der Waals surface area contributed by atoms with Crippen LogP contribution < -0.4 is 16.6 Å². The smallest absolute Gasteiger partial charge is 0.206 e. The minimum Gasteiger partial charge on any atom is -0.353 e. The third-order valence-electron chi connectivity index (χ3n) is 2.42.